The van der Waals surface area contributed by atoms with Crippen molar-refractivity contribution in [3.05, 3.63) is 23.4 Å². The summed E-state index contributed by atoms with van der Waals surface area (Å²) in [5, 5.41) is 9.42. The number of aryl methyl sites for hydroxylation is 1. The highest BCUT2D eigenvalue weighted by atomic mass is 16.4. The molecule has 1 aliphatic rings. The molecule has 0 aromatic carbocycles. The molecule has 1 amide bonds. The molecule has 5 nitrogen and oxygen atoms in total. The predicted octanol–water partition coefficient (Wildman–Crippen LogP) is 3.24. The molecule has 1 aromatic heterocycles. The molecule has 0 radical (unpaired) electrons. The smallest absolute Gasteiger partial charge is 0.407 e. The first-order valence-electron chi connectivity index (χ1n) is 7.42. The maximum absolute atomic E-state index is 11.5. The van der Waals surface area contributed by atoms with Crippen LogP contribution in [0.3, 0.4) is 0 Å². The third-order valence-electron chi connectivity index (χ3n) is 4.44. The van der Waals surface area contributed by atoms with Gasteiger partial charge in [0.15, 0.2) is 0 Å². The van der Waals surface area contributed by atoms with Crippen LogP contribution in [0.15, 0.2) is 12.1 Å². The van der Waals surface area contributed by atoms with Crippen LogP contribution < -0.4 is 5.73 Å². The fraction of sp³-hybridized carbons (Fsp3) is 0.625. The Balaban J connectivity index is 2.27. The molecular formula is C16H25N3O2. The summed E-state index contributed by atoms with van der Waals surface area (Å²) in [6.07, 6.45) is 0.855. The molecule has 0 bridgehead atoms. The van der Waals surface area contributed by atoms with E-state index in [2.05, 4.69) is 25.8 Å². The first-order valence-corrected chi connectivity index (χ1v) is 7.42. The molecule has 2 heterocycles. The Kier molecular flexibility index (Phi) is 4.12. The molecule has 0 saturated carbocycles. The lowest BCUT2D eigenvalue weighted by molar-refractivity contribution is 0.0525. The van der Waals surface area contributed by atoms with E-state index in [1.165, 1.54) is 5.56 Å². The number of nitrogen functional groups attached to an aromatic ring is 1. The van der Waals surface area contributed by atoms with E-state index >= 15 is 0 Å². The maximum atomic E-state index is 11.5. The molecule has 0 spiro atoms. The average Bonchev–Trinajstić information content (AvgIpc) is 2.37. The van der Waals surface area contributed by atoms with E-state index in [1.54, 1.807) is 4.90 Å². The van der Waals surface area contributed by atoms with E-state index in [0.29, 0.717) is 18.3 Å². The molecule has 2 unspecified atom stereocenters. The summed E-state index contributed by atoms with van der Waals surface area (Å²) >= 11 is 0. The van der Waals surface area contributed by atoms with Gasteiger partial charge >= 0.3 is 6.09 Å². The first kappa shape index (κ1) is 15.6. The van der Waals surface area contributed by atoms with Gasteiger partial charge in [0, 0.05) is 18.3 Å². The third kappa shape index (κ3) is 3.28. The normalized spacial score (nSPS) is 23.1. The topological polar surface area (TPSA) is 79.5 Å². The lowest BCUT2D eigenvalue weighted by Crippen LogP contribution is -2.51. The van der Waals surface area contributed by atoms with Gasteiger partial charge in [-0.05, 0) is 42.7 Å². The van der Waals surface area contributed by atoms with Crippen molar-refractivity contribution < 1.29 is 9.90 Å². The van der Waals surface area contributed by atoms with Gasteiger partial charge in [-0.3, -0.25) is 0 Å². The summed E-state index contributed by atoms with van der Waals surface area (Å²) in [5.41, 5.74) is 7.79. The molecular weight excluding hydrogens is 266 g/mol. The lowest BCUT2D eigenvalue weighted by atomic mass is 9.75. The largest absolute Gasteiger partial charge is 0.465 e. The van der Waals surface area contributed by atoms with Crippen LogP contribution in [0.25, 0.3) is 0 Å². The standard InChI is InChI=1S/C16H25N3O2/c1-10-12(5-6-14(17)18-10)11-7-8-19(15(20)21)13(9-11)16(2,3)4/h5-6,11,13H,7-9H2,1-4H3,(H2,17,18)(H,20,21). The minimum absolute atomic E-state index is 0.0192. The number of nitrogens with zero attached hydrogens (tertiary/aromatic N) is 2. The second kappa shape index (κ2) is 5.54. The van der Waals surface area contributed by atoms with Crippen molar-refractivity contribution in [1.82, 2.24) is 9.88 Å². The van der Waals surface area contributed by atoms with Gasteiger partial charge in [0.05, 0.1) is 0 Å². The Morgan fingerprint density at radius 3 is 2.62 bits per heavy atom. The van der Waals surface area contributed by atoms with Crippen molar-refractivity contribution in [2.75, 3.05) is 12.3 Å². The van der Waals surface area contributed by atoms with Crippen LogP contribution in [0.4, 0.5) is 10.6 Å². The van der Waals surface area contributed by atoms with Crippen LogP contribution >= 0.6 is 0 Å². The van der Waals surface area contributed by atoms with Crippen LogP contribution in [0.5, 0.6) is 0 Å². The number of piperidine rings is 1. The molecule has 1 aliphatic heterocycles. The van der Waals surface area contributed by atoms with E-state index in [4.69, 9.17) is 5.73 Å². The van der Waals surface area contributed by atoms with E-state index in [1.807, 2.05) is 19.1 Å². The molecule has 116 valence electrons. The second-order valence-corrected chi connectivity index (χ2v) is 6.99. The van der Waals surface area contributed by atoms with Gasteiger partial charge < -0.3 is 15.7 Å². The predicted molar refractivity (Wildman–Crippen MR) is 83.3 cm³/mol. The van der Waals surface area contributed by atoms with Crippen molar-refractivity contribution >= 4 is 11.9 Å². The molecule has 3 N–H and O–H groups in total. The number of carbonyl (C=O) groups is 1. The van der Waals surface area contributed by atoms with Gasteiger partial charge in [0.2, 0.25) is 0 Å². The van der Waals surface area contributed by atoms with Crippen LogP contribution in [0.1, 0.15) is 50.8 Å². The number of pyridine rings is 1. The molecule has 1 saturated heterocycles. The number of hydrogen-bond acceptors (Lipinski definition) is 3. The fourth-order valence-electron chi connectivity index (χ4n) is 3.32. The van der Waals surface area contributed by atoms with Crippen molar-refractivity contribution in [1.29, 1.82) is 0 Å². The zero-order chi connectivity index (χ0) is 15.8. The average molecular weight is 291 g/mol. The van der Waals surface area contributed by atoms with Gasteiger partial charge in [-0.25, -0.2) is 9.78 Å². The highest BCUT2D eigenvalue weighted by Crippen LogP contribution is 2.39. The monoisotopic (exact) mass is 291 g/mol. The molecule has 2 rings (SSSR count). The van der Waals surface area contributed by atoms with Crippen LogP contribution in [-0.2, 0) is 0 Å². The van der Waals surface area contributed by atoms with E-state index < -0.39 is 6.09 Å². The zero-order valence-electron chi connectivity index (χ0n) is 13.3. The number of anilines is 1. The second-order valence-electron chi connectivity index (χ2n) is 6.99. The van der Waals surface area contributed by atoms with Gasteiger partial charge in [-0.1, -0.05) is 26.8 Å². The van der Waals surface area contributed by atoms with Crippen molar-refractivity contribution in [3.8, 4) is 0 Å². The Morgan fingerprint density at radius 2 is 2.10 bits per heavy atom. The van der Waals surface area contributed by atoms with Crippen molar-refractivity contribution in [2.24, 2.45) is 5.41 Å². The summed E-state index contributed by atoms with van der Waals surface area (Å²) in [6.45, 7) is 8.85. The number of nitrogens with two attached hydrogens (primary N) is 1. The number of carboxylic acid groups (broad SMARTS) is 1. The summed E-state index contributed by atoms with van der Waals surface area (Å²) in [7, 11) is 0. The highest BCUT2D eigenvalue weighted by molar-refractivity contribution is 5.65. The van der Waals surface area contributed by atoms with Crippen LogP contribution in [0.2, 0.25) is 0 Å². The molecule has 21 heavy (non-hydrogen) atoms. The van der Waals surface area contributed by atoms with E-state index in [0.717, 1.165) is 18.5 Å². The van der Waals surface area contributed by atoms with Crippen molar-refractivity contribution in [2.45, 2.75) is 52.5 Å². The third-order valence-corrected chi connectivity index (χ3v) is 4.44. The SMILES string of the molecule is Cc1nc(N)ccc1C1CCN(C(=O)O)C(C(C)(C)C)C1. The Hall–Kier alpha value is -1.78. The minimum atomic E-state index is -0.819. The van der Waals surface area contributed by atoms with Crippen molar-refractivity contribution in [3.63, 3.8) is 0 Å². The molecule has 0 aliphatic carbocycles. The lowest BCUT2D eigenvalue weighted by Gasteiger charge is -2.44. The number of rotatable bonds is 1. The summed E-state index contributed by atoms with van der Waals surface area (Å²) in [4.78, 5) is 17.4. The Bertz CT molecular complexity index is 537. The maximum Gasteiger partial charge on any atom is 0.407 e. The summed E-state index contributed by atoms with van der Waals surface area (Å²) < 4.78 is 0. The molecule has 1 aromatic rings. The summed E-state index contributed by atoms with van der Waals surface area (Å²) in [5.74, 6) is 0.879. The van der Waals surface area contributed by atoms with Crippen LogP contribution in [-0.4, -0.2) is 33.7 Å². The van der Waals surface area contributed by atoms with Gasteiger partial charge in [0.1, 0.15) is 5.82 Å². The quantitative estimate of drug-likeness (QED) is 0.832. The number of aromatic nitrogens is 1. The van der Waals surface area contributed by atoms with E-state index in [-0.39, 0.29) is 11.5 Å². The Labute approximate surface area is 126 Å². The minimum Gasteiger partial charge on any atom is -0.465 e. The number of likely N-dealkylation sites (tertiary alicyclic amines) is 1. The molecule has 2 atom stereocenters. The fourth-order valence-corrected chi connectivity index (χ4v) is 3.32. The number of amides is 1. The van der Waals surface area contributed by atoms with Gasteiger partial charge in [-0.15, -0.1) is 0 Å². The molecule has 5 heteroatoms. The number of hydrogen-bond donors (Lipinski definition) is 2. The molecule has 1 fully saturated rings. The zero-order valence-corrected chi connectivity index (χ0v) is 13.3. The Morgan fingerprint density at radius 1 is 1.43 bits per heavy atom. The van der Waals surface area contributed by atoms with Crippen LogP contribution in [0, 0.1) is 12.3 Å². The van der Waals surface area contributed by atoms with E-state index in [9.17, 15) is 9.90 Å². The van der Waals surface area contributed by atoms with Gasteiger partial charge in [0.25, 0.3) is 0 Å². The first-order chi connectivity index (χ1) is 9.70. The highest BCUT2D eigenvalue weighted by Gasteiger charge is 2.39. The van der Waals surface area contributed by atoms with Gasteiger partial charge in [-0.2, -0.15) is 0 Å². The summed E-state index contributed by atoms with van der Waals surface area (Å²) in [6, 6.07) is 3.89.